The molecule has 2 aromatic rings. The number of nitrogens with one attached hydrogen (secondary N) is 1. The fraction of sp³-hybridized carbons (Fsp3) is 0.250. The van der Waals surface area contributed by atoms with Gasteiger partial charge in [0.2, 0.25) is 10.0 Å². The fourth-order valence-corrected chi connectivity index (χ4v) is 3.17. The van der Waals surface area contributed by atoms with Crippen LogP contribution in [0.1, 0.15) is 16.7 Å². The fourth-order valence-electron chi connectivity index (χ4n) is 2.12. The number of hydrogen-bond donors (Lipinski definition) is 1. The third-order valence-electron chi connectivity index (χ3n) is 3.44. The highest BCUT2D eigenvalue weighted by Crippen LogP contribution is 2.33. The molecule has 0 saturated heterocycles. The van der Waals surface area contributed by atoms with Crippen LogP contribution in [0.2, 0.25) is 0 Å². The number of sulfonamides is 1. The summed E-state index contributed by atoms with van der Waals surface area (Å²) in [7, 11) is -4.19. The smallest absolute Gasteiger partial charge is 0.416 e. The molecule has 10 heteroatoms. The molecule has 1 N–H and O–H groups in total. The molecule has 142 valence electrons. The van der Waals surface area contributed by atoms with Crippen molar-refractivity contribution in [2.45, 2.75) is 31.2 Å². The van der Waals surface area contributed by atoms with E-state index in [4.69, 9.17) is 0 Å². The summed E-state index contributed by atoms with van der Waals surface area (Å²) >= 11 is 0. The average Bonchev–Trinajstić information content (AvgIpc) is 2.53. The highest BCUT2D eigenvalue weighted by molar-refractivity contribution is 7.89. The zero-order chi connectivity index (χ0) is 19.5. The molecule has 0 aliphatic heterocycles. The molecule has 0 unspecified atom stereocenters. The van der Waals surface area contributed by atoms with Crippen molar-refractivity contribution in [3.63, 3.8) is 0 Å². The highest BCUT2D eigenvalue weighted by Gasteiger charge is 2.33. The maximum atomic E-state index is 12.9. The van der Waals surface area contributed by atoms with Gasteiger partial charge in [0, 0.05) is 6.54 Å². The van der Waals surface area contributed by atoms with Gasteiger partial charge < -0.3 is 4.74 Å². The predicted molar refractivity (Wildman–Crippen MR) is 83.3 cm³/mol. The first-order valence-corrected chi connectivity index (χ1v) is 8.68. The van der Waals surface area contributed by atoms with E-state index in [1.165, 1.54) is 31.2 Å². The van der Waals surface area contributed by atoms with E-state index in [1.807, 2.05) is 0 Å². The van der Waals surface area contributed by atoms with Gasteiger partial charge in [-0.1, -0.05) is 18.2 Å². The molecule has 0 fully saturated rings. The van der Waals surface area contributed by atoms with Crippen molar-refractivity contribution in [3.8, 4) is 5.75 Å². The Kier molecular flexibility index (Phi) is 5.87. The van der Waals surface area contributed by atoms with Crippen molar-refractivity contribution in [2.75, 3.05) is 0 Å². The van der Waals surface area contributed by atoms with Gasteiger partial charge in [0.05, 0.1) is 10.5 Å². The van der Waals surface area contributed by atoms with Crippen LogP contribution in [0, 0.1) is 6.92 Å². The SMILES string of the molecule is Cc1ccc(S(=O)(=O)NCc2ccc(OC(F)F)cc2)cc1C(F)(F)F. The second kappa shape index (κ2) is 7.58. The van der Waals surface area contributed by atoms with Gasteiger partial charge in [0.15, 0.2) is 0 Å². The Bertz CT molecular complexity index is 864. The van der Waals surface area contributed by atoms with Gasteiger partial charge in [-0.15, -0.1) is 0 Å². The minimum absolute atomic E-state index is 0.0916. The predicted octanol–water partition coefficient (Wildman–Crippen LogP) is 4.09. The number of halogens is 5. The molecule has 2 rings (SSSR count). The lowest BCUT2D eigenvalue weighted by Crippen LogP contribution is -2.24. The largest absolute Gasteiger partial charge is 0.435 e. The van der Waals surface area contributed by atoms with E-state index >= 15 is 0 Å². The summed E-state index contributed by atoms with van der Waals surface area (Å²) in [6.07, 6.45) is -4.67. The topological polar surface area (TPSA) is 55.4 Å². The summed E-state index contributed by atoms with van der Waals surface area (Å²) in [5.41, 5.74) is -0.710. The van der Waals surface area contributed by atoms with Gasteiger partial charge in [-0.25, -0.2) is 13.1 Å². The second-order valence-corrected chi connectivity index (χ2v) is 7.09. The quantitative estimate of drug-likeness (QED) is 0.750. The Labute approximate surface area is 146 Å². The van der Waals surface area contributed by atoms with E-state index in [9.17, 15) is 30.4 Å². The first-order valence-electron chi connectivity index (χ1n) is 7.20. The van der Waals surface area contributed by atoms with Crippen LogP contribution in [0.25, 0.3) is 0 Å². The zero-order valence-electron chi connectivity index (χ0n) is 13.3. The number of rotatable bonds is 6. The third-order valence-corrected chi connectivity index (χ3v) is 4.84. The standard InChI is InChI=1S/C16H14F5NO3S/c1-10-2-7-13(8-14(10)16(19,20)21)26(23,24)22-9-11-3-5-12(6-4-11)25-15(17)18/h2-8,15,22H,9H2,1H3. The van der Waals surface area contributed by atoms with E-state index in [2.05, 4.69) is 9.46 Å². The number of benzene rings is 2. The summed E-state index contributed by atoms with van der Waals surface area (Å²) in [6, 6.07) is 7.89. The Morgan fingerprint density at radius 2 is 1.69 bits per heavy atom. The monoisotopic (exact) mass is 395 g/mol. The molecule has 2 aromatic carbocycles. The number of alkyl halides is 5. The maximum Gasteiger partial charge on any atom is 0.416 e. The molecule has 0 aliphatic rings. The van der Waals surface area contributed by atoms with Gasteiger partial charge in [0.1, 0.15) is 5.75 Å². The van der Waals surface area contributed by atoms with Crippen molar-refractivity contribution in [3.05, 3.63) is 59.2 Å². The minimum atomic E-state index is -4.67. The molecule has 0 atom stereocenters. The van der Waals surface area contributed by atoms with Crippen LogP contribution in [-0.4, -0.2) is 15.0 Å². The Morgan fingerprint density at radius 3 is 2.23 bits per heavy atom. The number of hydrogen-bond acceptors (Lipinski definition) is 3. The lowest BCUT2D eigenvalue weighted by Gasteiger charge is -2.13. The van der Waals surface area contributed by atoms with Gasteiger partial charge in [0.25, 0.3) is 0 Å². The van der Waals surface area contributed by atoms with Crippen LogP contribution in [0.5, 0.6) is 5.75 Å². The second-order valence-electron chi connectivity index (χ2n) is 5.32. The van der Waals surface area contributed by atoms with Crippen molar-refractivity contribution in [2.24, 2.45) is 0 Å². The molecule has 0 saturated carbocycles. The van der Waals surface area contributed by atoms with Gasteiger partial charge in [-0.3, -0.25) is 0 Å². The average molecular weight is 395 g/mol. The Balaban J connectivity index is 2.14. The van der Waals surface area contributed by atoms with E-state index in [1.54, 1.807) is 0 Å². The molecule has 0 radical (unpaired) electrons. The van der Waals surface area contributed by atoms with E-state index in [0.717, 1.165) is 12.1 Å². The maximum absolute atomic E-state index is 12.9. The molecule has 0 bridgehead atoms. The minimum Gasteiger partial charge on any atom is -0.435 e. The summed E-state index contributed by atoms with van der Waals surface area (Å²) in [4.78, 5) is -0.520. The van der Waals surface area contributed by atoms with Crippen LogP contribution in [-0.2, 0) is 22.7 Å². The van der Waals surface area contributed by atoms with E-state index in [-0.39, 0.29) is 17.9 Å². The van der Waals surface area contributed by atoms with Crippen molar-refractivity contribution in [1.82, 2.24) is 4.72 Å². The molecule has 0 spiro atoms. The van der Waals surface area contributed by atoms with Crippen LogP contribution < -0.4 is 9.46 Å². The van der Waals surface area contributed by atoms with Gasteiger partial charge in [-0.05, 0) is 42.3 Å². The summed E-state index contributed by atoms with van der Waals surface area (Å²) in [5, 5.41) is 0. The van der Waals surface area contributed by atoms with Crippen molar-refractivity contribution >= 4 is 10.0 Å². The Hall–Kier alpha value is -2.20. The molecule has 0 amide bonds. The lowest BCUT2D eigenvalue weighted by molar-refractivity contribution is -0.138. The summed E-state index contributed by atoms with van der Waals surface area (Å²) in [5.74, 6) is -0.0973. The van der Waals surface area contributed by atoms with E-state index in [0.29, 0.717) is 11.6 Å². The Morgan fingerprint density at radius 1 is 1.08 bits per heavy atom. The summed E-state index contributed by atoms with van der Waals surface area (Å²) in [6.45, 7) is -1.98. The molecule has 0 aliphatic carbocycles. The molecular weight excluding hydrogens is 381 g/mol. The molecule has 4 nitrogen and oxygen atoms in total. The zero-order valence-corrected chi connectivity index (χ0v) is 14.2. The van der Waals surface area contributed by atoms with Crippen LogP contribution in [0.4, 0.5) is 22.0 Å². The summed E-state index contributed by atoms with van der Waals surface area (Å²) < 4.78 is 93.6. The molecule has 0 heterocycles. The van der Waals surface area contributed by atoms with Crippen LogP contribution in [0.15, 0.2) is 47.4 Å². The lowest BCUT2D eigenvalue weighted by atomic mass is 10.1. The van der Waals surface area contributed by atoms with Gasteiger partial charge >= 0.3 is 12.8 Å². The van der Waals surface area contributed by atoms with Crippen LogP contribution >= 0.6 is 0 Å². The number of ether oxygens (including phenoxy) is 1. The van der Waals surface area contributed by atoms with Crippen LogP contribution in [0.3, 0.4) is 0 Å². The van der Waals surface area contributed by atoms with Crippen molar-refractivity contribution < 1.29 is 35.1 Å². The number of aryl methyl sites for hydroxylation is 1. The molecule has 26 heavy (non-hydrogen) atoms. The first kappa shape index (κ1) is 20.1. The van der Waals surface area contributed by atoms with Gasteiger partial charge in [-0.2, -0.15) is 22.0 Å². The van der Waals surface area contributed by atoms with E-state index < -0.39 is 33.3 Å². The third kappa shape index (κ3) is 5.15. The normalized spacial score (nSPS) is 12.4. The highest BCUT2D eigenvalue weighted by atomic mass is 32.2. The molecular formula is C16H14F5NO3S. The first-order chi connectivity index (χ1) is 12.0. The molecule has 0 aromatic heterocycles. The van der Waals surface area contributed by atoms with Crippen molar-refractivity contribution in [1.29, 1.82) is 0 Å².